The Labute approximate surface area is 240 Å². The molecule has 2 aliphatic rings. The van der Waals surface area contributed by atoms with Crippen LogP contribution in [0.4, 0.5) is 4.79 Å². The van der Waals surface area contributed by atoms with Gasteiger partial charge in [-0.25, -0.2) is 9.59 Å². The van der Waals surface area contributed by atoms with Crippen LogP contribution in [0, 0.1) is 5.92 Å². The first-order valence-electron chi connectivity index (χ1n) is 14.2. The summed E-state index contributed by atoms with van der Waals surface area (Å²) in [6.07, 6.45) is 1.16. The van der Waals surface area contributed by atoms with Gasteiger partial charge in [-0.1, -0.05) is 78.9 Å². The minimum absolute atomic E-state index is 0.00517. The Morgan fingerprint density at radius 2 is 1.54 bits per heavy atom. The third kappa shape index (κ3) is 6.95. The van der Waals surface area contributed by atoms with Gasteiger partial charge < -0.3 is 25.2 Å². The van der Waals surface area contributed by atoms with Gasteiger partial charge in [0.05, 0.1) is 12.7 Å². The van der Waals surface area contributed by atoms with Gasteiger partial charge in [0.2, 0.25) is 5.91 Å². The highest BCUT2D eigenvalue weighted by Crippen LogP contribution is 2.44. The molecule has 3 N–H and O–H groups in total. The van der Waals surface area contributed by atoms with Crippen LogP contribution in [0.2, 0.25) is 0 Å². The van der Waals surface area contributed by atoms with E-state index in [1.165, 1.54) is 11.1 Å². The Bertz CT molecular complexity index is 1330. The Balaban J connectivity index is 1.06. The van der Waals surface area contributed by atoms with Crippen molar-refractivity contribution in [1.82, 2.24) is 10.6 Å². The maximum atomic E-state index is 12.7. The fourth-order valence-corrected chi connectivity index (χ4v) is 5.97. The fourth-order valence-electron chi connectivity index (χ4n) is 5.97. The van der Waals surface area contributed by atoms with Crippen molar-refractivity contribution < 1.29 is 29.0 Å². The molecular formula is C33H36N2O6. The van der Waals surface area contributed by atoms with Crippen molar-refractivity contribution in [2.24, 2.45) is 5.92 Å². The van der Waals surface area contributed by atoms with Crippen molar-refractivity contribution in [1.29, 1.82) is 0 Å². The quantitative estimate of drug-likeness (QED) is 0.297. The molecule has 0 spiro atoms. The molecule has 0 aliphatic heterocycles. The molecular weight excluding hydrogens is 520 g/mol. The predicted octanol–water partition coefficient (Wildman–Crippen LogP) is 5.26. The number of nitrogens with one attached hydrogen (secondary N) is 2. The third-order valence-electron chi connectivity index (χ3n) is 8.09. The zero-order valence-corrected chi connectivity index (χ0v) is 23.1. The maximum Gasteiger partial charge on any atom is 0.407 e. The summed E-state index contributed by atoms with van der Waals surface area (Å²) >= 11 is 0. The van der Waals surface area contributed by atoms with Crippen molar-refractivity contribution in [2.45, 2.75) is 63.3 Å². The smallest absolute Gasteiger partial charge is 0.407 e. The van der Waals surface area contributed by atoms with Crippen LogP contribution in [0.15, 0.2) is 78.9 Å². The van der Waals surface area contributed by atoms with E-state index in [-0.39, 0.29) is 43.4 Å². The summed E-state index contributed by atoms with van der Waals surface area (Å²) in [5.41, 5.74) is 5.60. The Morgan fingerprint density at radius 3 is 2.20 bits per heavy atom. The molecule has 3 aromatic rings. The van der Waals surface area contributed by atoms with E-state index in [1.54, 1.807) is 6.92 Å². The van der Waals surface area contributed by atoms with Crippen molar-refractivity contribution in [3.05, 3.63) is 95.6 Å². The summed E-state index contributed by atoms with van der Waals surface area (Å²) in [5, 5.41) is 15.3. The molecule has 5 rings (SSSR count). The van der Waals surface area contributed by atoms with Gasteiger partial charge in [0.25, 0.3) is 0 Å². The van der Waals surface area contributed by atoms with Gasteiger partial charge in [0.1, 0.15) is 6.61 Å². The summed E-state index contributed by atoms with van der Waals surface area (Å²) in [6.45, 7) is 2.15. The van der Waals surface area contributed by atoms with E-state index in [2.05, 4.69) is 34.9 Å². The highest BCUT2D eigenvalue weighted by atomic mass is 16.5. The lowest BCUT2D eigenvalue weighted by Crippen LogP contribution is -2.48. The number of alkyl carbamates (subject to hydrolysis) is 1. The molecule has 0 aromatic heterocycles. The number of aliphatic carboxylic acids is 1. The van der Waals surface area contributed by atoms with Crippen LogP contribution >= 0.6 is 0 Å². The van der Waals surface area contributed by atoms with Gasteiger partial charge in [-0.15, -0.1) is 0 Å². The SMILES string of the molecule is C[C@H](OCc1ccccc1)[C@@H](NC(=O)CC1CCC(NC(=O)OCC2c3ccccc3-c3ccccc32)C1)C(=O)O. The molecule has 4 atom stereocenters. The first kappa shape index (κ1) is 28.4. The second-order valence-corrected chi connectivity index (χ2v) is 10.9. The van der Waals surface area contributed by atoms with E-state index < -0.39 is 24.2 Å². The maximum absolute atomic E-state index is 12.7. The number of hydrogen-bond acceptors (Lipinski definition) is 5. The summed E-state index contributed by atoms with van der Waals surface area (Å²) in [4.78, 5) is 37.2. The van der Waals surface area contributed by atoms with E-state index >= 15 is 0 Å². The van der Waals surface area contributed by atoms with Crippen LogP contribution in [0.3, 0.4) is 0 Å². The second-order valence-electron chi connectivity index (χ2n) is 10.9. The number of rotatable bonds is 11. The van der Waals surface area contributed by atoms with Gasteiger partial charge in [-0.3, -0.25) is 4.79 Å². The number of carboxylic acids is 1. The monoisotopic (exact) mass is 556 g/mol. The van der Waals surface area contributed by atoms with Gasteiger partial charge in [0, 0.05) is 18.4 Å². The van der Waals surface area contributed by atoms with Crippen LogP contribution in [0.1, 0.15) is 55.2 Å². The molecule has 0 bridgehead atoms. The summed E-state index contributed by atoms with van der Waals surface area (Å²) in [7, 11) is 0. The molecule has 3 aromatic carbocycles. The van der Waals surface area contributed by atoms with E-state index in [0.29, 0.717) is 6.42 Å². The second kappa shape index (κ2) is 13.0. The summed E-state index contributed by atoms with van der Waals surface area (Å²) in [5.74, 6) is -1.43. The fraction of sp³-hybridized carbons (Fsp3) is 0.364. The van der Waals surface area contributed by atoms with Crippen molar-refractivity contribution in [3.63, 3.8) is 0 Å². The van der Waals surface area contributed by atoms with Crippen molar-refractivity contribution in [2.75, 3.05) is 6.61 Å². The summed E-state index contributed by atoms with van der Waals surface area (Å²) < 4.78 is 11.4. The van der Waals surface area contributed by atoms with Gasteiger partial charge in [0.15, 0.2) is 6.04 Å². The van der Waals surface area contributed by atoms with Crippen LogP contribution < -0.4 is 10.6 Å². The van der Waals surface area contributed by atoms with Crippen molar-refractivity contribution in [3.8, 4) is 11.1 Å². The molecule has 8 heteroatoms. The molecule has 2 amide bonds. The molecule has 0 heterocycles. The van der Waals surface area contributed by atoms with E-state index in [1.807, 2.05) is 54.6 Å². The third-order valence-corrected chi connectivity index (χ3v) is 8.09. The number of carbonyl (C=O) groups is 3. The molecule has 8 nitrogen and oxygen atoms in total. The minimum Gasteiger partial charge on any atom is -0.480 e. The van der Waals surface area contributed by atoms with Gasteiger partial charge in [-0.2, -0.15) is 0 Å². The first-order chi connectivity index (χ1) is 19.9. The zero-order chi connectivity index (χ0) is 28.8. The lowest BCUT2D eigenvalue weighted by Gasteiger charge is -2.22. The van der Waals surface area contributed by atoms with Crippen LogP contribution in [-0.2, 0) is 25.7 Å². The average Bonchev–Trinajstić information content (AvgIpc) is 3.55. The van der Waals surface area contributed by atoms with Crippen LogP contribution in [0.25, 0.3) is 11.1 Å². The van der Waals surface area contributed by atoms with Gasteiger partial charge in [-0.05, 0) is 59.9 Å². The largest absolute Gasteiger partial charge is 0.480 e. The standard InChI is InChI=1S/C33H36N2O6/c1-21(40-19-22-9-3-2-4-10-22)31(32(37)38)35-30(36)18-23-15-16-24(17-23)34-33(39)41-20-29-27-13-7-5-11-25(27)26-12-6-8-14-28(26)29/h2-14,21,23-24,29,31H,15-20H2,1H3,(H,34,39)(H,35,36)(H,37,38)/t21-,23?,24?,31+/m0/s1. The Kier molecular flexibility index (Phi) is 8.99. The number of fused-ring (bicyclic) bond motifs is 3. The van der Waals surface area contributed by atoms with Gasteiger partial charge >= 0.3 is 12.1 Å². The average molecular weight is 557 g/mol. The Morgan fingerprint density at radius 1 is 0.902 bits per heavy atom. The topological polar surface area (TPSA) is 114 Å². The molecule has 0 saturated heterocycles. The minimum atomic E-state index is -1.15. The molecule has 41 heavy (non-hydrogen) atoms. The molecule has 2 unspecified atom stereocenters. The summed E-state index contributed by atoms with van der Waals surface area (Å²) in [6, 6.07) is 24.6. The van der Waals surface area contributed by atoms with Crippen molar-refractivity contribution >= 4 is 18.0 Å². The number of ether oxygens (including phenoxy) is 2. The highest BCUT2D eigenvalue weighted by Gasteiger charge is 2.33. The molecule has 2 aliphatic carbocycles. The van der Waals surface area contributed by atoms with E-state index in [0.717, 1.165) is 29.5 Å². The van der Waals surface area contributed by atoms with E-state index in [9.17, 15) is 19.5 Å². The molecule has 1 fully saturated rings. The number of amides is 2. The molecule has 1 saturated carbocycles. The highest BCUT2D eigenvalue weighted by molar-refractivity contribution is 5.84. The molecule has 214 valence electrons. The molecule has 0 radical (unpaired) electrons. The lowest BCUT2D eigenvalue weighted by molar-refractivity contribution is -0.146. The van der Waals surface area contributed by atoms with E-state index in [4.69, 9.17) is 9.47 Å². The van der Waals surface area contributed by atoms with Crippen LogP contribution in [0.5, 0.6) is 0 Å². The normalized spacial score (nSPS) is 19.0. The predicted molar refractivity (Wildman–Crippen MR) is 154 cm³/mol. The zero-order valence-electron chi connectivity index (χ0n) is 23.1. The number of carboxylic acid groups (broad SMARTS) is 1. The van der Waals surface area contributed by atoms with Crippen LogP contribution in [-0.4, -0.2) is 47.9 Å². The first-order valence-corrected chi connectivity index (χ1v) is 14.2. The number of carbonyl (C=O) groups excluding carboxylic acids is 2. The Hall–Kier alpha value is -4.17. The number of benzene rings is 3. The lowest BCUT2D eigenvalue weighted by atomic mass is 9.98. The number of hydrogen-bond donors (Lipinski definition) is 3.